The van der Waals surface area contributed by atoms with E-state index in [0.717, 1.165) is 16.5 Å². The molecule has 0 unspecified atom stereocenters. The van der Waals surface area contributed by atoms with E-state index in [2.05, 4.69) is 42.8 Å². The summed E-state index contributed by atoms with van der Waals surface area (Å²) in [5.74, 6) is -0.303. The van der Waals surface area contributed by atoms with Crippen molar-refractivity contribution in [1.82, 2.24) is 4.48 Å². The molecule has 144 valence electrons. The van der Waals surface area contributed by atoms with Crippen molar-refractivity contribution in [2.24, 2.45) is 10.2 Å². The quantitative estimate of drug-likeness (QED) is 0.346. The van der Waals surface area contributed by atoms with E-state index >= 15 is 0 Å². The molecule has 7 heteroatoms. The van der Waals surface area contributed by atoms with Crippen LogP contribution >= 0.6 is 11.6 Å². The average Bonchev–Trinajstić information content (AvgIpc) is 2.67. The third-order valence-corrected chi connectivity index (χ3v) is 4.51. The molecule has 0 radical (unpaired) electrons. The number of carbonyl (C=O) groups is 1. The lowest BCUT2D eigenvalue weighted by Gasteiger charge is -2.23. The number of hydrogen-bond donors (Lipinski definition) is 2. The molecule has 0 aliphatic carbocycles. The molecule has 3 aromatic rings. The van der Waals surface area contributed by atoms with Gasteiger partial charge in [0.2, 0.25) is 5.91 Å². The van der Waals surface area contributed by atoms with Gasteiger partial charge in [-0.2, -0.15) is 5.11 Å². The number of amides is 1. The van der Waals surface area contributed by atoms with Crippen molar-refractivity contribution < 1.29 is 9.90 Å². The molecule has 0 spiro atoms. The molecule has 0 atom stereocenters. The number of azo groups is 1. The Kier molecular flexibility index (Phi) is 5.63. The first-order valence-electron chi connectivity index (χ1n) is 8.73. The zero-order chi connectivity index (χ0) is 20.3. The summed E-state index contributed by atoms with van der Waals surface area (Å²) in [6, 6.07) is 16.5. The number of phenols is 1. The molecule has 0 fully saturated rings. The van der Waals surface area contributed by atoms with Crippen LogP contribution in [0.5, 0.6) is 5.75 Å². The van der Waals surface area contributed by atoms with Crippen molar-refractivity contribution in [3.63, 3.8) is 0 Å². The Bertz CT molecular complexity index is 1040. The maximum absolute atomic E-state index is 11.3. The third kappa shape index (κ3) is 4.47. The number of halogens is 1. The number of alkyl halides is 1. The van der Waals surface area contributed by atoms with Gasteiger partial charge in [-0.1, -0.05) is 6.07 Å². The van der Waals surface area contributed by atoms with E-state index in [1.54, 1.807) is 30.3 Å². The maximum atomic E-state index is 11.3. The van der Waals surface area contributed by atoms with Crippen LogP contribution in [-0.4, -0.2) is 38.0 Å². The Morgan fingerprint density at radius 2 is 1.71 bits per heavy atom. The Morgan fingerprint density at radius 3 is 2.36 bits per heavy atom. The second-order valence-electron chi connectivity index (χ2n) is 7.28. The van der Waals surface area contributed by atoms with Crippen LogP contribution in [0.25, 0.3) is 10.8 Å². The molecule has 1 amide bonds. The summed E-state index contributed by atoms with van der Waals surface area (Å²) in [7, 11) is 6.24. The minimum absolute atomic E-state index is 0.0702. The van der Waals surface area contributed by atoms with Gasteiger partial charge < -0.3 is 10.4 Å². The number of nitrogens with zero attached hydrogens (tertiary/aromatic N) is 3. The van der Waals surface area contributed by atoms with E-state index < -0.39 is 0 Å². The lowest BCUT2D eigenvalue weighted by molar-refractivity contribution is -0.113. The van der Waals surface area contributed by atoms with Gasteiger partial charge >= 0.3 is 0 Å². The molecule has 0 saturated carbocycles. The lowest BCUT2D eigenvalue weighted by Crippen LogP contribution is -2.34. The Balaban J connectivity index is 1.94. The molecule has 0 aliphatic rings. The van der Waals surface area contributed by atoms with Crippen LogP contribution in [0.2, 0.25) is 0 Å². The van der Waals surface area contributed by atoms with Crippen molar-refractivity contribution in [2.75, 3.05) is 32.3 Å². The van der Waals surface area contributed by atoms with Gasteiger partial charge in [-0.25, -0.2) is 0 Å². The zero-order valence-corrected chi connectivity index (χ0v) is 16.7. The highest BCUT2D eigenvalue weighted by atomic mass is 35.5. The highest BCUT2D eigenvalue weighted by Crippen LogP contribution is 2.38. The number of phenolic OH excluding ortho intramolecular Hbond substituents is 1. The number of hydrogen-bond acceptors (Lipinski definition) is 4. The normalized spacial score (nSPS) is 11.9. The third-order valence-electron chi connectivity index (χ3n) is 4.27. The second-order valence-corrected chi connectivity index (χ2v) is 7.55. The van der Waals surface area contributed by atoms with Crippen molar-refractivity contribution in [1.29, 1.82) is 0 Å². The molecule has 0 bridgehead atoms. The largest absolute Gasteiger partial charge is 0.506 e. The van der Waals surface area contributed by atoms with Gasteiger partial charge in [0.1, 0.15) is 23.0 Å². The molecule has 0 aliphatic heterocycles. The summed E-state index contributed by atoms with van der Waals surface area (Å²) >= 11 is 5.48. The van der Waals surface area contributed by atoms with Crippen LogP contribution in [0.15, 0.2) is 64.8 Å². The molecular weight excluding hydrogens is 376 g/mol. The van der Waals surface area contributed by atoms with Crippen molar-refractivity contribution in [3.8, 4) is 5.75 Å². The van der Waals surface area contributed by atoms with Gasteiger partial charge in [0.25, 0.3) is 0 Å². The number of quaternary nitrogens is 1. The highest BCUT2D eigenvalue weighted by molar-refractivity contribution is 6.29. The Morgan fingerprint density at radius 1 is 1.04 bits per heavy atom. The monoisotopic (exact) mass is 397 g/mol. The molecule has 0 saturated heterocycles. The molecule has 0 heterocycles. The van der Waals surface area contributed by atoms with E-state index in [1.165, 1.54) is 0 Å². The van der Waals surface area contributed by atoms with E-state index in [1.807, 2.05) is 18.2 Å². The molecular formula is C21H22ClN4O2+. The minimum Gasteiger partial charge on any atom is -0.506 e. The fourth-order valence-electron chi connectivity index (χ4n) is 2.72. The summed E-state index contributed by atoms with van der Waals surface area (Å²) in [6.07, 6.45) is 0. The number of nitrogens with one attached hydrogen (secondary N) is 1. The first kappa shape index (κ1) is 19.8. The fraction of sp³-hybridized carbons (Fsp3) is 0.190. The molecule has 2 N–H and O–H groups in total. The number of aromatic hydroxyl groups is 1. The summed E-state index contributed by atoms with van der Waals surface area (Å²) in [5.41, 5.74) is 2.74. The van der Waals surface area contributed by atoms with Gasteiger partial charge in [-0.3, -0.25) is 9.28 Å². The number of carbonyl (C=O) groups excluding carboxylic acids is 1. The topological polar surface area (TPSA) is 74.1 Å². The standard InChI is InChI=1S/C21H21ClN4O2/c1-26(2,3)17-10-4-14-5-11-19(27)21(18(14)12-17)25-24-16-8-6-15(7-9-16)23-20(28)13-22/h4-12H,13H2,1-3H3,(H-,23,24,25,27,28)/p+1. The van der Waals surface area contributed by atoms with Gasteiger partial charge in [0, 0.05) is 17.1 Å². The van der Waals surface area contributed by atoms with E-state index in [0.29, 0.717) is 21.5 Å². The van der Waals surface area contributed by atoms with Gasteiger partial charge in [0.15, 0.2) is 0 Å². The summed E-state index contributed by atoms with van der Waals surface area (Å²) in [6.45, 7) is 0. The Hall–Kier alpha value is -2.96. The summed E-state index contributed by atoms with van der Waals surface area (Å²) in [4.78, 5) is 11.3. The second kappa shape index (κ2) is 7.96. The predicted octanol–water partition coefficient (Wildman–Crippen LogP) is 5.33. The first-order chi connectivity index (χ1) is 13.3. The average molecular weight is 398 g/mol. The van der Waals surface area contributed by atoms with Gasteiger partial charge in [-0.05, 0) is 47.9 Å². The van der Waals surface area contributed by atoms with Crippen LogP contribution in [0, 0.1) is 0 Å². The lowest BCUT2D eigenvalue weighted by atomic mass is 10.1. The summed E-state index contributed by atoms with van der Waals surface area (Å²) < 4.78 is 0.650. The maximum Gasteiger partial charge on any atom is 0.239 e. The number of fused-ring (bicyclic) bond motifs is 1. The number of anilines is 1. The van der Waals surface area contributed by atoms with Crippen molar-refractivity contribution in [3.05, 3.63) is 54.6 Å². The molecule has 28 heavy (non-hydrogen) atoms. The van der Waals surface area contributed by atoms with Crippen LogP contribution in [0.3, 0.4) is 0 Å². The highest BCUT2D eigenvalue weighted by Gasteiger charge is 2.15. The SMILES string of the molecule is C[N+](C)(C)c1ccc2ccc(O)c(N=Nc3ccc(NC(=O)CCl)cc3)c2c1. The minimum atomic E-state index is -0.273. The fourth-order valence-corrected chi connectivity index (χ4v) is 2.78. The van der Waals surface area contributed by atoms with Gasteiger partial charge in [0.05, 0.1) is 26.8 Å². The van der Waals surface area contributed by atoms with Crippen LogP contribution in [-0.2, 0) is 4.79 Å². The van der Waals surface area contributed by atoms with Crippen molar-refractivity contribution >= 4 is 51.0 Å². The summed E-state index contributed by atoms with van der Waals surface area (Å²) in [5, 5.41) is 23.3. The number of benzene rings is 3. The zero-order valence-electron chi connectivity index (χ0n) is 16.0. The molecule has 6 nitrogen and oxygen atoms in total. The van der Waals surface area contributed by atoms with Gasteiger partial charge in [-0.15, -0.1) is 16.7 Å². The van der Waals surface area contributed by atoms with Crippen LogP contribution < -0.4 is 9.80 Å². The van der Waals surface area contributed by atoms with E-state index in [-0.39, 0.29) is 17.5 Å². The Labute approximate surface area is 168 Å². The van der Waals surface area contributed by atoms with Crippen LogP contribution in [0.4, 0.5) is 22.7 Å². The van der Waals surface area contributed by atoms with Crippen LogP contribution in [0.1, 0.15) is 0 Å². The van der Waals surface area contributed by atoms with E-state index in [4.69, 9.17) is 11.6 Å². The predicted molar refractivity (Wildman–Crippen MR) is 115 cm³/mol. The molecule has 3 rings (SSSR count). The van der Waals surface area contributed by atoms with E-state index in [9.17, 15) is 9.90 Å². The van der Waals surface area contributed by atoms with Crippen molar-refractivity contribution in [2.45, 2.75) is 0 Å². The number of rotatable bonds is 5. The molecule has 0 aromatic heterocycles. The molecule has 3 aromatic carbocycles. The smallest absolute Gasteiger partial charge is 0.239 e. The first-order valence-corrected chi connectivity index (χ1v) is 9.27.